The van der Waals surface area contributed by atoms with Gasteiger partial charge in [0.25, 0.3) is 0 Å². The van der Waals surface area contributed by atoms with Crippen molar-refractivity contribution >= 4 is 5.82 Å². The Kier molecular flexibility index (Phi) is 3.36. The summed E-state index contributed by atoms with van der Waals surface area (Å²) in [5.74, 6) is 0.348. The van der Waals surface area contributed by atoms with Crippen LogP contribution in [0.1, 0.15) is 6.92 Å². The van der Waals surface area contributed by atoms with Crippen LogP contribution in [0.25, 0.3) is 0 Å². The Labute approximate surface area is 73.9 Å². The first-order valence-electron chi connectivity index (χ1n) is 3.74. The van der Waals surface area contributed by atoms with Crippen LogP contribution in [0.3, 0.4) is 0 Å². The van der Waals surface area contributed by atoms with Gasteiger partial charge in [-0.25, -0.2) is 0 Å². The van der Waals surface area contributed by atoms with Gasteiger partial charge in [-0.3, -0.25) is 0 Å². The summed E-state index contributed by atoms with van der Waals surface area (Å²) in [5, 5.41) is 9.90. The van der Waals surface area contributed by atoms with E-state index < -0.39 is 6.61 Å². The van der Waals surface area contributed by atoms with Crippen LogP contribution in [-0.2, 0) is 0 Å². The van der Waals surface area contributed by atoms with E-state index in [-0.39, 0.29) is 5.88 Å². The summed E-state index contributed by atoms with van der Waals surface area (Å²) in [5.41, 5.74) is 0. The minimum absolute atomic E-state index is 0.184. The molecule has 0 unspecified atom stereocenters. The highest BCUT2D eigenvalue weighted by molar-refractivity contribution is 5.33. The fourth-order valence-electron chi connectivity index (χ4n) is 0.750. The summed E-state index contributed by atoms with van der Waals surface area (Å²) in [6.07, 6.45) is 0. The Balaban J connectivity index is 2.59. The highest BCUT2D eigenvalue weighted by Crippen LogP contribution is 2.10. The van der Waals surface area contributed by atoms with Gasteiger partial charge >= 0.3 is 6.61 Å². The van der Waals surface area contributed by atoms with Gasteiger partial charge in [-0.15, -0.1) is 10.2 Å². The molecular weight excluding hydrogens is 180 g/mol. The average molecular weight is 189 g/mol. The molecule has 0 bridgehead atoms. The van der Waals surface area contributed by atoms with Crippen LogP contribution < -0.4 is 10.1 Å². The lowest BCUT2D eigenvalue weighted by Crippen LogP contribution is -2.06. The molecule has 1 heterocycles. The average Bonchev–Trinajstić information content (AvgIpc) is 2.08. The zero-order chi connectivity index (χ0) is 9.68. The first-order chi connectivity index (χ1) is 6.22. The lowest BCUT2D eigenvalue weighted by molar-refractivity contribution is -0.0534. The topological polar surface area (TPSA) is 47.0 Å². The van der Waals surface area contributed by atoms with Crippen LogP contribution in [0.4, 0.5) is 14.6 Å². The molecule has 1 aromatic rings. The van der Waals surface area contributed by atoms with Gasteiger partial charge in [0.05, 0.1) is 0 Å². The molecular formula is C7H9F2N3O. The third kappa shape index (κ3) is 3.18. The molecule has 0 radical (unpaired) electrons. The summed E-state index contributed by atoms with van der Waals surface area (Å²) in [6, 6.07) is 2.85. The zero-order valence-corrected chi connectivity index (χ0v) is 7.00. The fraction of sp³-hybridized carbons (Fsp3) is 0.429. The van der Waals surface area contributed by atoms with E-state index in [0.29, 0.717) is 12.4 Å². The molecule has 0 amide bonds. The van der Waals surface area contributed by atoms with E-state index in [9.17, 15) is 8.78 Å². The lowest BCUT2D eigenvalue weighted by atomic mass is 10.5. The van der Waals surface area contributed by atoms with Gasteiger partial charge < -0.3 is 10.1 Å². The molecule has 72 valence electrons. The lowest BCUT2D eigenvalue weighted by Gasteiger charge is -2.03. The highest BCUT2D eigenvalue weighted by Gasteiger charge is 2.05. The SMILES string of the molecule is CCNc1ccc(OC(F)F)nn1. The second kappa shape index (κ2) is 4.54. The van der Waals surface area contributed by atoms with Crippen LogP contribution in [0.15, 0.2) is 12.1 Å². The molecule has 4 nitrogen and oxygen atoms in total. The predicted octanol–water partition coefficient (Wildman–Crippen LogP) is 1.51. The summed E-state index contributed by atoms with van der Waals surface area (Å²) in [6.45, 7) is -0.270. The van der Waals surface area contributed by atoms with Crippen LogP contribution >= 0.6 is 0 Å². The minimum atomic E-state index is -2.86. The van der Waals surface area contributed by atoms with Gasteiger partial charge in [0.2, 0.25) is 5.88 Å². The fourth-order valence-corrected chi connectivity index (χ4v) is 0.750. The number of aromatic nitrogens is 2. The van der Waals surface area contributed by atoms with Crippen LogP contribution in [0.5, 0.6) is 5.88 Å². The number of hydrogen-bond donors (Lipinski definition) is 1. The summed E-state index contributed by atoms with van der Waals surface area (Å²) < 4.78 is 27.3. The quantitative estimate of drug-likeness (QED) is 0.779. The summed E-state index contributed by atoms with van der Waals surface area (Å²) in [7, 11) is 0. The first kappa shape index (κ1) is 9.63. The largest absolute Gasteiger partial charge is 0.415 e. The first-order valence-corrected chi connectivity index (χ1v) is 3.74. The van der Waals surface area contributed by atoms with Crippen molar-refractivity contribution in [2.24, 2.45) is 0 Å². The number of nitrogens with one attached hydrogen (secondary N) is 1. The second-order valence-electron chi connectivity index (χ2n) is 2.17. The normalized spacial score (nSPS) is 10.2. The Morgan fingerprint density at radius 1 is 1.46 bits per heavy atom. The van der Waals surface area contributed by atoms with Gasteiger partial charge in [-0.1, -0.05) is 0 Å². The molecule has 0 spiro atoms. The third-order valence-electron chi connectivity index (χ3n) is 1.21. The molecule has 0 atom stereocenters. The molecule has 1 aromatic heterocycles. The van der Waals surface area contributed by atoms with E-state index in [1.165, 1.54) is 12.1 Å². The molecule has 0 aliphatic heterocycles. The molecule has 0 fully saturated rings. The van der Waals surface area contributed by atoms with E-state index in [1.54, 1.807) is 0 Å². The van der Waals surface area contributed by atoms with Crippen LogP contribution in [0.2, 0.25) is 0 Å². The molecule has 0 aliphatic rings. The second-order valence-corrected chi connectivity index (χ2v) is 2.17. The Morgan fingerprint density at radius 2 is 2.23 bits per heavy atom. The maximum absolute atomic E-state index is 11.7. The summed E-state index contributed by atoms with van der Waals surface area (Å²) in [4.78, 5) is 0. The standard InChI is InChI=1S/C7H9F2N3O/c1-2-10-5-3-4-6(12-11-5)13-7(8)9/h3-4,7H,2H2,1H3,(H,10,11). The monoisotopic (exact) mass is 189 g/mol. The number of halogens is 2. The van der Waals surface area contributed by atoms with Gasteiger partial charge in [0.15, 0.2) is 0 Å². The third-order valence-corrected chi connectivity index (χ3v) is 1.21. The van der Waals surface area contributed by atoms with Crippen molar-refractivity contribution in [1.82, 2.24) is 10.2 Å². The maximum atomic E-state index is 11.7. The van der Waals surface area contributed by atoms with Crippen molar-refractivity contribution < 1.29 is 13.5 Å². The molecule has 13 heavy (non-hydrogen) atoms. The van der Waals surface area contributed by atoms with Crippen molar-refractivity contribution in [2.75, 3.05) is 11.9 Å². The predicted molar refractivity (Wildman–Crippen MR) is 42.8 cm³/mol. The molecule has 6 heteroatoms. The van der Waals surface area contributed by atoms with E-state index >= 15 is 0 Å². The maximum Gasteiger partial charge on any atom is 0.388 e. The van der Waals surface area contributed by atoms with Crippen LogP contribution in [0, 0.1) is 0 Å². The van der Waals surface area contributed by atoms with Crippen LogP contribution in [-0.4, -0.2) is 23.4 Å². The van der Waals surface area contributed by atoms with Gasteiger partial charge in [0.1, 0.15) is 5.82 Å². The molecule has 1 rings (SSSR count). The van der Waals surface area contributed by atoms with Crippen molar-refractivity contribution in [1.29, 1.82) is 0 Å². The van der Waals surface area contributed by atoms with Crippen molar-refractivity contribution in [3.8, 4) is 5.88 Å². The van der Waals surface area contributed by atoms with E-state index in [1.807, 2.05) is 6.92 Å². The van der Waals surface area contributed by atoms with E-state index in [4.69, 9.17) is 0 Å². The Morgan fingerprint density at radius 3 is 2.69 bits per heavy atom. The molecule has 0 saturated carbocycles. The van der Waals surface area contributed by atoms with Crippen molar-refractivity contribution in [3.63, 3.8) is 0 Å². The number of nitrogens with zero attached hydrogens (tertiary/aromatic N) is 2. The molecule has 1 N–H and O–H groups in total. The molecule has 0 saturated heterocycles. The molecule has 0 aliphatic carbocycles. The van der Waals surface area contributed by atoms with E-state index in [2.05, 4.69) is 20.3 Å². The number of rotatable bonds is 4. The number of anilines is 1. The van der Waals surface area contributed by atoms with Crippen molar-refractivity contribution in [3.05, 3.63) is 12.1 Å². The Bertz CT molecular complexity index is 252. The summed E-state index contributed by atoms with van der Waals surface area (Å²) >= 11 is 0. The van der Waals surface area contributed by atoms with Gasteiger partial charge in [-0.2, -0.15) is 8.78 Å². The number of hydrogen-bond acceptors (Lipinski definition) is 4. The highest BCUT2D eigenvalue weighted by atomic mass is 19.3. The van der Waals surface area contributed by atoms with Gasteiger partial charge in [0, 0.05) is 12.6 Å². The number of alkyl halides is 2. The molecule has 0 aromatic carbocycles. The Hall–Kier alpha value is -1.46. The van der Waals surface area contributed by atoms with Gasteiger partial charge in [-0.05, 0) is 13.0 Å². The minimum Gasteiger partial charge on any atom is -0.415 e. The van der Waals surface area contributed by atoms with Crippen molar-refractivity contribution in [2.45, 2.75) is 13.5 Å². The zero-order valence-electron chi connectivity index (χ0n) is 7.00. The number of ether oxygens (including phenoxy) is 1. The smallest absolute Gasteiger partial charge is 0.388 e. The van der Waals surface area contributed by atoms with E-state index in [0.717, 1.165) is 0 Å².